The molecule has 1 amide bonds. The first kappa shape index (κ1) is 13.3. The molecule has 0 spiro atoms. The molecular weight excluding hydrogens is 238 g/mol. The monoisotopic (exact) mass is 257 g/mol. The van der Waals surface area contributed by atoms with E-state index in [0.717, 1.165) is 17.0 Å². The van der Waals surface area contributed by atoms with Gasteiger partial charge < -0.3 is 4.90 Å². The molecule has 4 heteroatoms. The van der Waals surface area contributed by atoms with Gasteiger partial charge in [-0.3, -0.25) is 9.48 Å². The van der Waals surface area contributed by atoms with Gasteiger partial charge in [0, 0.05) is 25.4 Å². The third kappa shape index (κ3) is 2.67. The smallest absolute Gasteiger partial charge is 0.246 e. The van der Waals surface area contributed by atoms with Crippen LogP contribution in [0.2, 0.25) is 0 Å². The molecule has 1 aromatic carbocycles. The van der Waals surface area contributed by atoms with Crippen LogP contribution >= 0.6 is 0 Å². The van der Waals surface area contributed by atoms with Crippen LogP contribution in [0.5, 0.6) is 0 Å². The molecule has 2 aromatic rings. The van der Waals surface area contributed by atoms with E-state index in [0.29, 0.717) is 0 Å². The number of amides is 1. The summed E-state index contributed by atoms with van der Waals surface area (Å²) in [7, 11) is 3.52. The molecule has 0 aliphatic heterocycles. The second-order valence-electron chi connectivity index (χ2n) is 4.89. The minimum absolute atomic E-state index is 0.0470. The van der Waals surface area contributed by atoms with Gasteiger partial charge in [0.2, 0.25) is 5.91 Å². The van der Waals surface area contributed by atoms with Crippen molar-refractivity contribution >= 4 is 5.91 Å². The minimum Gasteiger partial charge on any atom is -0.347 e. The summed E-state index contributed by atoms with van der Waals surface area (Å²) < 4.78 is 1.78. The Morgan fingerprint density at radius 2 is 1.89 bits per heavy atom. The van der Waals surface area contributed by atoms with Gasteiger partial charge in [0.25, 0.3) is 0 Å². The zero-order chi connectivity index (χ0) is 14.0. The molecule has 0 saturated carbocycles. The summed E-state index contributed by atoms with van der Waals surface area (Å²) in [6.45, 7) is 3.84. The average molecular weight is 257 g/mol. The van der Waals surface area contributed by atoms with Crippen molar-refractivity contribution < 1.29 is 4.79 Å². The molecule has 1 atom stereocenters. The van der Waals surface area contributed by atoms with E-state index in [2.05, 4.69) is 5.10 Å². The molecule has 0 saturated heterocycles. The first-order chi connectivity index (χ1) is 9.00. The lowest BCUT2D eigenvalue weighted by Gasteiger charge is -2.18. The number of likely N-dealkylation sites (N-methyl/N-ethyl adjacent to an activating group) is 1. The molecule has 0 bridgehead atoms. The first-order valence-corrected chi connectivity index (χ1v) is 6.33. The van der Waals surface area contributed by atoms with Gasteiger partial charge in [0.1, 0.15) is 6.04 Å². The highest BCUT2D eigenvalue weighted by molar-refractivity contribution is 5.79. The van der Waals surface area contributed by atoms with E-state index in [1.54, 1.807) is 23.7 Å². The van der Waals surface area contributed by atoms with Crippen molar-refractivity contribution in [3.05, 3.63) is 42.1 Å². The van der Waals surface area contributed by atoms with Gasteiger partial charge in [-0.05, 0) is 19.9 Å². The van der Waals surface area contributed by atoms with E-state index < -0.39 is 0 Å². The molecule has 4 nitrogen and oxygen atoms in total. The lowest BCUT2D eigenvalue weighted by molar-refractivity contribution is -0.132. The molecule has 1 unspecified atom stereocenters. The van der Waals surface area contributed by atoms with Crippen molar-refractivity contribution in [2.45, 2.75) is 19.9 Å². The first-order valence-electron chi connectivity index (χ1n) is 6.33. The molecule has 0 radical (unpaired) electrons. The standard InChI is InChI=1S/C15H19N3O/c1-11-10-14(13-8-6-5-7-9-13)16-18(11)12(2)15(19)17(3)4/h5-10,12H,1-4H3. The van der Waals surface area contributed by atoms with Crippen LogP contribution in [0, 0.1) is 6.92 Å². The highest BCUT2D eigenvalue weighted by atomic mass is 16.2. The number of aromatic nitrogens is 2. The van der Waals surface area contributed by atoms with Crippen LogP contribution in [0.3, 0.4) is 0 Å². The molecule has 0 aliphatic rings. The molecule has 0 fully saturated rings. The number of aryl methyl sites for hydroxylation is 1. The van der Waals surface area contributed by atoms with Crippen molar-refractivity contribution in [2.24, 2.45) is 0 Å². The van der Waals surface area contributed by atoms with E-state index in [1.807, 2.05) is 50.2 Å². The zero-order valence-electron chi connectivity index (χ0n) is 11.8. The Kier molecular flexibility index (Phi) is 3.69. The summed E-state index contributed by atoms with van der Waals surface area (Å²) in [4.78, 5) is 13.6. The summed E-state index contributed by atoms with van der Waals surface area (Å²) in [5.41, 5.74) is 2.95. The fourth-order valence-corrected chi connectivity index (χ4v) is 2.11. The number of hydrogen-bond acceptors (Lipinski definition) is 2. The van der Waals surface area contributed by atoms with Gasteiger partial charge in [-0.25, -0.2) is 0 Å². The Bertz CT molecular complexity index is 572. The van der Waals surface area contributed by atoms with Crippen LogP contribution in [0.1, 0.15) is 18.7 Å². The Morgan fingerprint density at radius 1 is 1.26 bits per heavy atom. The normalized spacial score (nSPS) is 12.2. The minimum atomic E-state index is -0.285. The van der Waals surface area contributed by atoms with Crippen molar-refractivity contribution in [2.75, 3.05) is 14.1 Å². The van der Waals surface area contributed by atoms with Crippen LogP contribution < -0.4 is 0 Å². The largest absolute Gasteiger partial charge is 0.347 e. The maximum absolute atomic E-state index is 12.0. The third-order valence-corrected chi connectivity index (χ3v) is 3.16. The van der Waals surface area contributed by atoms with Gasteiger partial charge >= 0.3 is 0 Å². The number of benzene rings is 1. The number of carbonyl (C=O) groups excluding carboxylic acids is 1. The molecule has 2 rings (SSSR count). The summed E-state index contributed by atoms with van der Waals surface area (Å²) in [5, 5.41) is 4.55. The van der Waals surface area contributed by atoms with Crippen LogP contribution in [0.4, 0.5) is 0 Å². The third-order valence-electron chi connectivity index (χ3n) is 3.16. The van der Waals surface area contributed by atoms with E-state index >= 15 is 0 Å². The van der Waals surface area contributed by atoms with E-state index in [-0.39, 0.29) is 11.9 Å². The lowest BCUT2D eigenvalue weighted by atomic mass is 10.1. The predicted octanol–water partition coefficient (Wildman–Crippen LogP) is 2.51. The maximum atomic E-state index is 12.0. The van der Waals surface area contributed by atoms with Gasteiger partial charge in [-0.1, -0.05) is 30.3 Å². The van der Waals surface area contributed by atoms with Crippen molar-refractivity contribution in [3.8, 4) is 11.3 Å². The highest BCUT2D eigenvalue weighted by Gasteiger charge is 2.20. The number of carbonyl (C=O) groups is 1. The van der Waals surface area contributed by atoms with Gasteiger partial charge in [-0.2, -0.15) is 5.10 Å². The maximum Gasteiger partial charge on any atom is 0.246 e. The SMILES string of the molecule is Cc1cc(-c2ccccc2)nn1C(C)C(=O)N(C)C. The highest BCUT2D eigenvalue weighted by Crippen LogP contribution is 2.21. The fourth-order valence-electron chi connectivity index (χ4n) is 2.11. The number of hydrogen-bond donors (Lipinski definition) is 0. The average Bonchev–Trinajstić information content (AvgIpc) is 2.80. The second kappa shape index (κ2) is 5.26. The zero-order valence-corrected chi connectivity index (χ0v) is 11.8. The quantitative estimate of drug-likeness (QED) is 0.847. The second-order valence-corrected chi connectivity index (χ2v) is 4.89. The van der Waals surface area contributed by atoms with Crippen LogP contribution in [-0.4, -0.2) is 34.7 Å². The predicted molar refractivity (Wildman–Crippen MR) is 75.8 cm³/mol. The summed E-state index contributed by atoms with van der Waals surface area (Å²) >= 11 is 0. The Morgan fingerprint density at radius 3 is 2.47 bits per heavy atom. The molecule has 100 valence electrons. The van der Waals surface area contributed by atoms with Crippen LogP contribution in [0.15, 0.2) is 36.4 Å². The Labute approximate surface area is 113 Å². The molecule has 19 heavy (non-hydrogen) atoms. The molecule has 0 N–H and O–H groups in total. The Balaban J connectivity index is 2.34. The van der Waals surface area contributed by atoms with Gasteiger partial charge in [0.15, 0.2) is 0 Å². The van der Waals surface area contributed by atoms with Gasteiger partial charge in [-0.15, -0.1) is 0 Å². The molecule has 1 heterocycles. The van der Waals surface area contributed by atoms with Crippen LogP contribution in [-0.2, 0) is 4.79 Å². The summed E-state index contributed by atoms with van der Waals surface area (Å²) in [6, 6.07) is 11.7. The lowest BCUT2D eigenvalue weighted by Crippen LogP contribution is -2.30. The van der Waals surface area contributed by atoms with E-state index in [9.17, 15) is 4.79 Å². The molecule has 0 aliphatic carbocycles. The topological polar surface area (TPSA) is 38.1 Å². The summed E-state index contributed by atoms with van der Waals surface area (Å²) in [6.07, 6.45) is 0. The summed E-state index contributed by atoms with van der Waals surface area (Å²) in [5.74, 6) is 0.0470. The van der Waals surface area contributed by atoms with E-state index in [4.69, 9.17) is 0 Å². The molecular formula is C15H19N3O. The van der Waals surface area contributed by atoms with E-state index in [1.165, 1.54) is 0 Å². The van der Waals surface area contributed by atoms with Crippen molar-refractivity contribution in [1.29, 1.82) is 0 Å². The number of nitrogens with zero attached hydrogens (tertiary/aromatic N) is 3. The van der Waals surface area contributed by atoms with Crippen LogP contribution in [0.25, 0.3) is 11.3 Å². The Hall–Kier alpha value is -2.10. The fraction of sp³-hybridized carbons (Fsp3) is 0.333. The van der Waals surface area contributed by atoms with Gasteiger partial charge in [0.05, 0.1) is 5.69 Å². The van der Waals surface area contributed by atoms with Crippen molar-refractivity contribution in [3.63, 3.8) is 0 Å². The van der Waals surface area contributed by atoms with Crippen molar-refractivity contribution in [1.82, 2.24) is 14.7 Å². The molecule has 1 aromatic heterocycles. The number of rotatable bonds is 3.